The molecule has 164 valence electrons. The number of halogens is 1. The van der Waals surface area contributed by atoms with Crippen molar-refractivity contribution >= 4 is 50.8 Å². The predicted octanol–water partition coefficient (Wildman–Crippen LogP) is 3.07. The van der Waals surface area contributed by atoms with E-state index >= 15 is 0 Å². The van der Waals surface area contributed by atoms with Crippen molar-refractivity contribution in [2.24, 2.45) is 0 Å². The topological polar surface area (TPSA) is 110 Å². The minimum Gasteiger partial charge on any atom is -0.324 e. The maximum Gasteiger partial charge on any atom is 0.253 e. The number of anilines is 1. The highest BCUT2D eigenvalue weighted by Crippen LogP contribution is 2.29. The number of sulfonamides is 1. The van der Waals surface area contributed by atoms with Crippen molar-refractivity contribution in [1.29, 1.82) is 0 Å². The summed E-state index contributed by atoms with van der Waals surface area (Å²) in [5.41, 5.74) is 0.252. The summed E-state index contributed by atoms with van der Waals surface area (Å²) in [6.07, 6.45) is 6.05. The molecule has 0 radical (unpaired) electrons. The van der Waals surface area contributed by atoms with Crippen LogP contribution in [-0.2, 0) is 14.8 Å². The smallest absolute Gasteiger partial charge is 0.253 e. The van der Waals surface area contributed by atoms with Crippen LogP contribution in [0.15, 0.2) is 46.7 Å². The fourth-order valence-electron chi connectivity index (χ4n) is 3.22. The van der Waals surface area contributed by atoms with Crippen molar-refractivity contribution < 1.29 is 13.2 Å². The molecule has 1 aliphatic rings. The standard InChI is InChI=1S/C19H21ClN6O3S2/c1-13(30-19-23-18-21-8-5-11-26(18)24-19)17(27)22-16-12-14(6-7-15(16)20)31(28,29)25-9-3-2-4-10-25/h5-8,11-13H,2-4,9-10H2,1H3,(H,22,27)/t13-/m0/s1. The molecule has 1 saturated heterocycles. The molecule has 1 N–H and O–H groups in total. The van der Waals surface area contributed by atoms with Crippen molar-refractivity contribution in [2.75, 3.05) is 18.4 Å². The molecule has 0 saturated carbocycles. The summed E-state index contributed by atoms with van der Waals surface area (Å²) in [5, 5.41) is 7.13. The van der Waals surface area contributed by atoms with Crippen LogP contribution in [0.5, 0.6) is 0 Å². The van der Waals surface area contributed by atoms with Gasteiger partial charge in [0.15, 0.2) is 0 Å². The highest BCUT2D eigenvalue weighted by molar-refractivity contribution is 8.00. The van der Waals surface area contributed by atoms with E-state index in [0.717, 1.165) is 19.3 Å². The van der Waals surface area contributed by atoms with Gasteiger partial charge in [-0.15, -0.1) is 5.10 Å². The number of fused-ring (bicyclic) bond motifs is 1. The number of thioether (sulfide) groups is 1. The highest BCUT2D eigenvalue weighted by atomic mass is 35.5. The number of carbonyl (C=O) groups excluding carboxylic acids is 1. The number of benzene rings is 1. The zero-order valence-corrected chi connectivity index (χ0v) is 19.1. The van der Waals surface area contributed by atoms with Gasteiger partial charge in [-0.3, -0.25) is 4.79 Å². The molecule has 1 fully saturated rings. The van der Waals surface area contributed by atoms with E-state index in [-0.39, 0.29) is 21.5 Å². The molecule has 1 aromatic carbocycles. The second-order valence-electron chi connectivity index (χ2n) is 7.11. The number of rotatable bonds is 6. The Labute approximate surface area is 189 Å². The average Bonchev–Trinajstić information content (AvgIpc) is 3.18. The molecule has 3 heterocycles. The van der Waals surface area contributed by atoms with E-state index in [4.69, 9.17) is 11.6 Å². The zero-order chi connectivity index (χ0) is 22.0. The zero-order valence-electron chi connectivity index (χ0n) is 16.7. The Morgan fingerprint density at radius 3 is 2.77 bits per heavy atom. The monoisotopic (exact) mass is 480 g/mol. The quantitative estimate of drug-likeness (QED) is 0.540. The van der Waals surface area contributed by atoms with Crippen molar-refractivity contribution in [3.8, 4) is 0 Å². The first-order valence-corrected chi connectivity index (χ1v) is 12.5. The van der Waals surface area contributed by atoms with Gasteiger partial charge < -0.3 is 5.32 Å². The Hall–Kier alpha value is -2.21. The van der Waals surface area contributed by atoms with E-state index in [9.17, 15) is 13.2 Å². The normalized spacial score (nSPS) is 16.3. The predicted molar refractivity (Wildman–Crippen MR) is 119 cm³/mol. The third-order valence-electron chi connectivity index (χ3n) is 4.90. The van der Waals surface area contributed by atoms with Gasteiger partial charge in [-0.2, -0.15) is 9.29 Å². The lowest BCUT2D eigenvalue weighted by Gasteiger charge is -2.26. The van der Waals surface area contributed by atoms with Gasteiger partial charge in [0.2, 0.25) is 21.1 Å². The molecule has 4 rings (SSSR count). The molecule has 1 amide bonds. The molecule has 2 aromatic heterocycles. The minimum atomic E-state index is -3.63. The maximum atomic E-state index is 12.9. The van der Waals surface area contributed by atoms with E-state index in [1.165, 1.54) is 38.8 Å². The number of amides is 1. The summed E-state index contributed by atoms with van der Waals surface area (Å²) >= 11 is 7.40. The van der Waals surface area contributed by atoms with E-state index in [0.29, 0.717) is 24.0 Å². The van der Waals surface area contributed by atoms with Crippen LogP contribution in [0.3, 0.4) is 0 Å². The molecule has 9 nitrogen and oxygen atoms in total. The fraction of sp³-hybridized carbons (Fsp3) is 0.368. The molecule has 0 spiro atoms. The Morgan fingerprint density at radius 1 is 1.26 bits per heavy atom. The lowest BCUT2D eigenvalue weighted by Crippen LogP contribution is -2.35. The first kappa shape index (κ1) is 22.0. The fourth-order valence-corrected chi connectivity index (χ4v) is 5.68. The molecule has 0 unspecified atom stereocenters. The third kappa shape index (κ3) is 4.84. The highest BCUT2D eigenvalue weighted by Gasteiger charge is 2.27. The largest absolute Gasteiger partial charge is 0.324 e. The minimum absolute atomic E-state index is 0.113. The van der Waals surface area contributed by atoms with Crippen LogP contribution in [0.1, 0.15) is 26.2 Å². The van der Waals surface area contributed by atoms with Crippen LogP contribution >= 0.6 is 23.4 Å². The summed E-state index contributed by atoms with van der Waals surface area (Å²) in [5.74, 6) is 0.0995. The molecule has 1 aliphatic heterocycles. The third-order valence-corrected chi connectivity index (χ3v) is 8.07. The van der Waals surface area contributed by atoms with Crippen LogP contribution in [0.4, 0.5) is 5.69 Å². The number of nitrogens with one attached hydrogen (secondary N) is 1. The molecular weight excluding hydrogens is 460 g/mol. The summed E-state index contributed by atoms with van der Waals surface area (Å²) < 4.78 is 28.9. The van der Waals surface area contributed by atoms with Gasteiger partial charge in [-0.25, -0.2) is 17.9 Å². The van der Waals surface area contributed by atoms with Crippen LogP contribution in [-0.4, -0.2) is 56.6 Å². The van der Waals surface area contributed by atoms with Crippen LogP contribution in [0, 0.1) is 0 Å². The number of piperidine rings is 1. The summed E-state index contributed by atoms with van der Waals surface area (Å²) in [6.45, 7) is 2.71. The molecule has 31 heavy (non-hydrogen) atoms. The lowest BCUT2D eigenvalue weighted by atomic mass is 10.2. The Balaban J connectivity index is 1.48. The van der Waals surface area contributed by atoms with Crippen LogP contribution in [0.25, 0.3) is 5.78 Å². The van der Waals surface area contributed by atoms with Gasteiger partial charge >= 0.3 is 0 Å². The van der Waals surface area contributed by atoms with Gasteiger partial charge in [0.05, 0.1) is 20.9 Å². The van der Waals surface area contributed by atoms with Crippen molar-refractivity contribution in [2.45, 2.75) is 41.5 Å². The maximum absolute atomic E-state index is 12.9. The van der Waals surface area contributed by atoms with Crippen molar-refractivity contribution in [1.82, 2.24) is 23.9 Å². The SMILES string of the molecule is C[C@H](Sc1nc2ncccn2n1)C(=O)Nc1cc(S(=O)(=O)N2CCCCC2)ccc1Cl. The summed E-state index contributed by atoms with van der Waals surface area (Å²) in [6, 6.07) is 6.10. The van der Waals surface area contributed by atoms with Crippen molar-refractivity contribution in [3.05, 3.63) is 41.7 Å². The number of hydrogen-bond donors (Lipinski definition) is 1. The summed E-state index contributed by atoms with van der Waals surface area (Å²) in [4.78, 5) is 21.2. The lowest BCUT2D eigenvalue weighted by molar-refractivity contribution is -0.115. The van der Waals surface area contributed by atoms with Gasteiger partial charge in [0.1, 0.15) is 0 Å². The van der Waals surface area contributed by atoms with E-state index in [1.54, 1.807) is 25.4 Å². The van der Waals surface area contributed by atoms with E-state index in [2.05, 4.69) is 20.4 Å². The second kappa shape index (κ2) is 9.11. The molecule has 12 heteroatoms. The van der Waals surface area contributed by atoms with E-state index < -0.39 is 15.3 Å². The molecular formula is C19H21ClN6O3S2. The average molecular weight is 481 g/mol. The Bertz CT molecular complexity index is 1180. The number of hydrogen-bond acceptors (Lipinski definition) is 7. The molecule has 3 aromatic rings. The molecule has 1 atom stereocenters. The molecule has 0 bridgehead atoms. The molecule has 0 aliphatic carbocycles. The van der Waals surface area contributed by atoms with Gasteiger partial charge in [0, 0.05) is 25.5 Å². The van der Waals surface area contributed by atoms with Gasteiger partial charge in [-0.05, 0) is 44.0 Å². The van der Waals surface area contributed by atoms with Crippen LogP contribution < -0.4 is 5.32 Å². The van der Waals surface area contributed by atoms with Gasteiger partial charge in [0.25, 0.3) is 5.78 Å². The number of aromatic nitrogens is 4. The Morgan fingerprint density at radius 2 is 2.03 bits per heavy atom. The number of nitrogens with zero attached hydrogens (tertiary/aromatic N) is 5. The first-order valence-electron chi connectivity index (χ1n) is 9.79. The van der Waals surface area contributed by atoms with E-state index in [1.807, 2.05) is 0 Å². The van der Waals surface area contributed by atoms with Crippen molar-refractivity contribution in [3.63, 3.8) is 0 Å². The summed E-state index contributed by atoms with van der Waals surface area (Å²) in [7, 11) is -3.63. The second-order valence-corrected chi connectivity index (χ2v) is 10.8. The van der Waals surface area contributed by atoms with Gasteiger partial charge in [-0.1, -0.05) is 29.8 Å². The van der Waals surface area contributed by atoms with Crippen LogP contribution in [0.2, 0.25) is 5.02 Å². The Kier molecular flexibility index (Phi) is 6.47. The first-order chi connectivity index (χ1) is 14.8. The number of carbonyl (C=O) groups is 1.